The zero-order valence-electron chi connectivity index (χ0n) is 17.4. The van der Waals surface area contributed by atoms with Crippen molar-refractivity contribution in [2.24, 2.45) is 5.14 Å². The van der Waals surface area contributed by atoms with Gasteiger partial charge in [-0.05, 0) is 24.6 Å². The highest BCUT2D eigenvalue weighted by atomic mass is 32.2. The zero-order chi connectivity index (χ0) is 23.2. The van der Waals surface area contributed by atoms with Crippen LogP contribution in [0.25, 0.3) is 16.9 Å². The smallest absolute Gasteiger partial charge is 0.255 e. The van der Waals surface area contributed by atoms with Crippen molar-refractivity contribution in [2.45, 2.75) is 31.4 Å². The number of pyridine rings is 2. The monoisotopic (exact) mass is 465 g/mol. The van der Waals surface area contributed by atoms with E-state index in [0.717, 1.165) is 5.56 Å². The van der Waals surface area contributed by atoms with E-state index >= 15 is 0 Å². The lowest BCUT2D eigenvalue weighted by Gasteiger charge is -2.32. The fourth-order valence-electron chi connectivity index (χ4n) is 3.76. The average Bonchev–Trinajstić information content (AvgIpc) is 3.04. The van der Waals surface area contributed by atoms with Gasteiger partial charge in [-0.3, -0.25) is 4.79 Å². The molecule has 3 aromatic heterocycles. The van der Waals surface area contributed by atoms with Crippen LogP contribution in [-0.2, 0) is 26.0 Å². The van der Waals surface area contributed by atoms with E-state index in [1.807, 2.05) is 13.0 Å². The van der Waals surface area contributed by atoms with E-state index in [0.29, 0.717) is 37.1 Å². The summed E-state index contributed by atoms with van der Waals surface area (Å²) in [6, 6.07) is 4.14. The van der Waals surface area contributed by atoms with Gasteiger partial charge in [0.1, 0.15) is 17.2 Å². The Balaban J connectivity index is 1.85. The molecule has 1 aliphatic rings. The third-order valence-electron chi connectivity index (χ3n) is 5.32. The molecule has 3 aromatic rings. The molecule has 1 atom stereocenters. The third-order valence-corrected chi connectivity index (χ3v) is 6.11. The normalized spacial score (nSPS) is 17.2. The fraction of sp³-hybridized carbons (Fsp3) is 0.350. The summed E-state index contributed by atoms with van der Waals surface area (Å²) in [6.07, 6.45) is 1.51. The van der Waals surface area contributed by atoms with Crippen molar-refractivity contribution in [3.8, 4) is 11.3 Å². The van der Waals surface area contributed by atoms with Crippen LogP contribution in [0.5, 0.6) is 0 Å². The van der Waals surface area contributed by atoms with Crippen LogP contribution in [0.1, 0.15) is 18.2 Å². The van der Waals surface area contributed by atoms with Crippen LogP contribution in [0.2, 0.25) is 0 Å². The second-order valence-electron chi connectivity index (χ2n) is 7.65. The van der Waals surface area contributed by atoms with Gasteiger partial charge >= 0.3 is 0 Å². The summed E-state index contributed by atoms with van der Waals surface area (Å²) in [7, 11) is -4.40. The molecule has 1 aliphatic heterocycles. The quantitative estimate of drug-likeness (QED) is 0.582. The molecule has 0 radical (unpaired) electrons. The molecular weight excluding hydrogens is 444 g/mol. The lowest BCUT2D eigenvalue weighted by Crippen LogP contribution is -2.45. The predicted octanol–water partition coefficient (Wildman–Crippen LogP) is 1.42. The van der Waals surface area contributed by atoms with E-state index in [1.165, 1.54) is 6.92 Å². The van der Waals surface area contributed by atoms with Gasteiger partial charge in [0.05, 0.1) is 24.0 Å². The van der Waals surface area contributed by atoms with Crippen LogP contribution < -0.4 is 5.14 Å². The van der Waals surface area contributed by atoms with E-state index < -0.39 is 38.5 Å². The standard InChI is InChI=1S/C20H21F2N5O4S/c1-11-3-4-27-15(8-13-10-26(12(2)28)5-6-31-13)19(24-16(27)7-11)18-14(21)9-17(25-20(18)22)32(23,29)30/h3-4,7,9,13H,5-6,8,10H2,1-2H3,(H2,23,29,30)/t13-/m0/s1. The van der Waals surface area contributed by atoms with Crippen molar-refractivity contribution in [2.75, 3.05) is 19.7 Å². The molecule has 1 amide bonds. The third kappa shape index (κ3) is 4.20. The summed E-state index contributed by atoms with van der Waals surface area (Å²) < 4.78 is 60.2. The van der Waals surface area contributed by atoms with Crippen molar-refractivity contribution in [3.05, 3.63) is 47.4 Å². The Labute approximate surface area is 182 Å². The lowest BCUT2D eigenvalue weighted by molar-refractivity contribution is -0.136. The van der Waals surface area contributed by atoms with Crippen molar-refractivity contribution in [3.63, 3.8) is 0 Å². The number of nitrogens with two attached hydrogens (primary N) is 1. The largest absolute Gasteiger partial charge is 0.374 e. The topological polar surface area (TPSA) is 120 Å². The van der Waals surface area contributed by atoms with Crippen molar-refractivity contribution >= 4 is 21.6 Å². The first-order valence-corrected chi connectivity index (χ1v) is 11.3. The minimum Gasteiger partial charge on any atom is -0.374 e. The van der Waals surface area contributed by atoms with E-state index in [1.54, 1.807) is 21.6 Å². The van der Waals surface area contributed by atoms with Crippen LogP contribution in [0, 0.1) is 18.7 Å². The molecule has 1 fully saturated rings. The molecule has 170 valence electrons. The Morgan fingerprint density at radius 3 is 2.72 bits per heavy atom. The molecule has 4 rings (SSSR count). The van der Waals surface area contributed by atoms with Crippen LogP contribution in [0.15, 0.2) is 29.4 Å². The highest BCUT2D eigenvalue weighted by molar-refractivity contribution is 7.89. The number of aryl methyl sites for hydroxylation is 1. The Morgan fingerprint density at radius 2 is 2.06 bits per heavy atom. The first-order valence-electron chi connectivity index (χ1n) is 9.78. The number of fused-ring (bicyclic) bond motifs is 1. The maximum atomic E-state index is 14.9. The van der Waals surface area contributed by atoms with E-state index in [-0.39, 0.29) is 18.0 Å². The number of imidazole rings is 1. The van der Waals surface area contributed by atoms with Crippen LogP contribution in [0.4, 0.5) is 8.78 Å². The molecule has 0 spiro atoms. The molecule has 0 saturated carbocycles. The zero-order valence-corrected chi connectivity index (χ0v) is 18.2. The SMILES string of the molecule is CC(=O)N1CCO[C@@H](Cc2c(-c3c(F)cc(S(N)(=O)=O)nc3F)nc3cc(C)ccn23)C1. The predicted molar refractivity (Wildman–Crippen MR) is 110 cm³/mol. The van der Waals surface area contributed by atoms with E-state index in [9.17, 15) is 22.0 Å². The second-order valence-corrected chi connectivity index (χ2v) is 9.16. The molecular formula is C20H21F2N5O4S. The number of rotatable bonds is 4. The Morgan fingerprint density at radius 1 is 1.31 bits per heavy atom. The molecule has 12 heteroatoms. The van der Waals surface area contributed by atoms with Gasteiger partial charge in [-0.15, -0.1) is 0 Å². The highest BCUT2D eigenvalue weighted by Crippen LogP contribution is 2.31. The van der Waals surface area contributed by atoms with Gasteiger partial charge in [0.2, 0.25) is 11.9 Å². The lowest BCUT2D eigenvalue weighted by atomic mass is 10.1. The average molecular weight is 465 g/mol. The number of nitrogens with zero attached hydrogens (tertiary/aromatic N) is 4. The number of amides is 1. The van der Waals surface area contributed by atoms with Crippen LogP contribution >= 0.6 is 0 Å². The molecule has 32 heavy (non-hydrogen) atoms. The number of primary sulfonamides is 1. The summed E-state index contributed by atoms with van der Waals surface area (Å²) in [5.74, 6) is -2.59. The molecule has 0 bridgehead atoms. The van der Waals surface area contributed by atoms with E-state index in [2.05, 4.69) is 9.97 Å². The number of carbonyl (C=O) groups excluding carboxylic acids is 1. The summed E-state index contributed by atoms with van der Waals surface area (Å²) in [5, 5.41) is 4.05. The molecule has 0 aromatic carbocycles. The summed E-state index contributed by atoms with van der Waals surface area (Å²) >= 11 is 0. The van der Waals surface area contributed by atoms with Crippen LogP contribution in [0.3, 0.4) is 0 Å². The number of sulfonamides is 1. The number of carbonyl (C=O) groups is 1. The molecule has 2 N–H and O–H groups in total. The van der Waals surface area contributed by atoms with Crippen LogP contribution in [-0.4, -0.2) is 59.4 Å². The first-order chi connectivity index (χ1) is 15.0. The first kappa shape index (κ1) is 22.2. The summed E-state index contributed by atoms with van der Waals surface area (Å²) in [4.78, 5) is 21.2. The minimum atomic E-state index is -4.40. The van der Waals surface area contributed by atoms with Crippen molar-refractivity contribution < 1.29 is 26.7 Å². The van der Waals surface area contributed by atoms with Crippen molar-refractivity contribution in [1.82, 2.24) is 19.3 Å². The van der Waals surface area contributed by atoms with Gasteiger partial charge in [0.25, 0.3) is 10.0 Å². The number of hydrogen-bond donors (Lipinski definition) is 1. The van der Waals surface area contributed by atoms with Gasteiger partial charge in [-0.2, -0.15) is 4.39 Å². The maximum absolute atomic E-state index is 14.9. The number of halogens is 2. The minimum absolute atomic E-state index is 0.0254. The van der Waals surface area contributed by atoms with Gasteiger partial charge < -0.3 is 14.0 Å². The molecule has 4 heterocycles. The summed E-state index contributed by atoms with van der Waals surface area (Å²) in [6.45, 7) is 4.44. The van der Waals surface area contributed by atoms with Gasteiger partial charge in [-0.25, -0.2) is 27.9 Å². The maximum Gasteiger partial charge on any atom is 0.255 e. The number of hydrogen-bond acceptors (Lipinski definition) is 6. The van der Waals surface area contributed by atoms with Gasteiger partial charge in [0.15, 0.2) is 5.03 Å². The molecule has 0 aliphatic carbocycles. The number of ether oxygens (including phenoxy) is 1. The molecule has 0 unspecified atom stereocenters. The number of morpholine rings is 1. The Hall–Kier alpha value is -2.96. The summed E-state index contributed by atoms with van der Waals surface area (Å²) in [5.41, 5.74) is 1.19. The highest BCUT2D eigenvalue weighted by Gasteiger charge is 2.29. The number of aromatic nitrogens is 3. The Bertz CT molecular complexity index is 1300. The molecule has 1 saturated heterocycles. The Kier molecular flexibility index (Phi) is 5.69. The van der Waals surface area contributed by atoms with Crippen molar-refractivity contribution in [1.29, 1.82) is 0 Å². The van der Waals surface area contributed by atoms with Gasteiger partial charge in [0, 0.05) is 38.7 Å². The second kappa shape index (κ2) is 8.19. The fourth-order valence-corrected chi connectivity index (χ4v) is 4.23. The van der Waals surface area contributed by atoms with Gasteiger partial charge in [-0.1, -0.05) is 0 Å². The molecule has 9 nitrogen and oxygen atoms in total. The van der Waals surface area contributed by atoms with E-state index in [4.69, 9.17) is 9.88 Å².